The summed E-state index contributed by atoms with van der Waals surface area (Å²) in [5, 5.41) is 0. The fourth-order valence-corrected chi connectivity index (χ4v) is 4.85. The van der Waals surface area contributed by atoms with E-state index in [2.05, 4.69) is 13.8 Å². The lowest BCUT2D eigenvalue weighted by Gasteiger charge is -2.36. The summed E-state index contributed by atoms with van der Waals surface area (Å²) in [6.07, 6.45) is 7.51. The zero-order chi connectivity index (χ0) is 14.4. The van der Waals surface area contributed by atoms with Gasteiger partial charge in [-0.1, -0.05) is 39.5 Å². The molecule has 0 spiro atoms. The van der Waals surface area contributed by atoms with Gasteiger partial charge in [-0.15, -0.1) is 0 Å². The van der Waals surface area contributed by atoms with Gasteiger partial charge in [0.25, 0.3) is 0 Å². The Balaban J connectivity index is 2.50. The van der Waals surface area contributed by atoms with Gasteiger partial charge in [0.15, 0.2) is 0 Å². The van der Waals surface area contributed by atoms with Gasteiger partial charge in [0.2, 0.25) is 9.05 Å². The molecule has 1 atom stereocenters. The van der Waals surface area contributed by atoms with Crippen molar-refractivity contribution >= 4 is 19.7 Å². The Morgan fingerprint density at radius 2 is 1.89 bits per heavy atom. The number of ether oxygens (including phenoxy) is 1. The summed E-state index contributed by atoms with van der Waals surface area (Å²) < 4.78 is 28.6. The molecule has 0 amide bonds. The van der Waals surface area contributed by atoms with Gasteiger partial charge >= 0.3 is 0 Å². The Bertz CT molecular complexity index is 348. The van der Waals surface area contributed by atoms with Gasteiger partial charge in [0, 0.05) is 22.7 Å². The van der Waals surface area contributed by atoms with Gasteiger partial charge in [0.05, 0.1) is 12.4 Å². The highest BCUT2D eigenvalue weighted by atomic mass is 35.7. The molecule has 1 saturated carbocycles. The third-order valence-corrected chi connectivity index (χ3v) is 5.27. The lowest BCUT2D eigenvalue weighted by Crippen LogP contribution is -2.36. The van der Waals surface area contributed by atoms with E-state index in [9.17, 15) is 8.42 Å². The van der Waals surface area contributed by atoms with Gasteiger partial charge in [-0.25, -0.2) is 8.42 Å². The first-order chi connectivity index (χ1) is 8.87. The molecule has 0 N–H and O–H groups in total. The van der Waals surface area contributed by atoms with E-state index >= 15 is 0 Å². The Labute approximate surface area is 122 Å². The third kappa shape index (κ3) is 6.96. The van der Waals surface area contributed by atoms with Crippen molar-refractivity contribution in [2.75, 3.05) is 19.0 Å². The molecule has 0 heterocycles. The van der Waals surface area contributed by atoms with E-state index < -0.39 is 9.05 Å². The molecule has 19 heavy (non-hydrogen) atoms. The average Bonchev–Trinajstić information content (AvgIpc) is 2.28. The summed E-state index contributed by atoms with van der Waals surface area (Å²) in [6, 6.07) is 0. The number of hydrogen-bond acceptors (Lipinski definition) is 3. The topological polar surface area (TPSA) is 43.4 Å². The lowest BCUT2D eigenvalue weighted by molar-refractivity contribution is 0.0177. The van der Waals surface area contributed by atoms with Crippen LogP contribution in [-0.2, 0) is 13.8 Å². The van der Waals surface area contributed by atoms with E-state index in [4.69, 9.17) is 15.4 Å². The first-order valence-corrected chi connectivity index (χ1v) is 9.85. The van der Waals surface area contributed by atoms with Crippen LogP contribution in [0, 0.1) is 11.3 Å². The predicted molar refractivity (Wildman–Crippen MR) is 80.0 cm³/mol. The second-order valence-corrected chi connectivity index (χ2v) is 8.93. The fraction of sp³-hybridized carbons (Fsp3) is 1.00. The zero-order valence-corrected chi connectivity index (χ0v) is 13.7. The Morgan fingerprint density at radius 3 is 2.42 bits per heavy atom. The van der Waals surface area contributed by atoms with Crippen LogP contribution in [0.4, 0.5) is 0 Å². The van der Waals surface area contributed by atoms with Crippen LogP contribution in [0.2, 0.25) is 0 Å². The van der Waals surface area contributed by atoms with Crippen LogP contribution in [0.25, 0.3) is 0 Å². The number of rotatable bonds is 8. The lowest BCUT2D eigenvalue weighted by atomic mass is 9.76. The van der Waals surface area contributed by atoms with Crippen LogP contribution in [0.15, 0.2) is 0 Å². The van der Waals surface area contributed by atoms with Gasteiger partial charge in [-0.05, 0) is 25.2 Å². The standard InChI is InChI=1S/C14H27ClO3S/c1-3-7-13(2)10-18-11-14(12-19(15,16)17)8-5-4-6-9-14/h13H,3-12H2,1-2H3. The van der Waals surface area contributed by atoms with Gasteiger partial charge in [0.1, 0.15) is 0 Å². The minimum atomic E-state index is -3.45. The summed E-state index contributed by atoms with van der Waals surface area (Å²) in [7, 11) is 2.01. The summed E-state index contributed by atoms with van der Waals surface area (Å²) >= 11 is 0. The third-order valence-electron chi connectivity index (χ3n) is 3.98. The predicted octanol–water partition coefficient (Wildman–Crippen LogP) is 3.96. The van der Waals surface area contributed by atoms with Crippen molar-refractivity contribution in [2.24, 2.45) is 11.3 Å². The largest absolute Gasteiger partial charge is 0.381 e. The molecule has 0 aromatic rings. The normalized spacial score (nSPS) is 21.2. The highest BCUT2D eigenvalue weighted by molar-refractivity contribution is 8.13. The molecule has 1 aliphatic carbocycles. The molecule has 1 unspecified atom stereocenters. The van der Waals surface area contributed by atoms with Crippen molar-refractivity contribution in [3.8, 4) is 0 Å². The minimum Gasteiger partial charge on any atom is -0.381 e. The van der Waals surface area contributed by atoms with Gasteiger partial charge in [-0.3, -0.25) is 0 Å². The maximum Gasteiger partial charge on any atom is 0.233 e. The molecule has 0 bridgehead atoms. The molecule has 1 fully saturated rings. The van der Waals surface area contributed by atoms with Crippen LogP contribution in [0.3, 0.4) is 0 Å². The second-order valence-electron chi connectivity index (χ2n) is 6.15. The highest BCUT2D eigenvalue weighted by Crippen LogP contribution is 2.38. The van der Waals surface area contributed by atoms with E-state index in [1.165, 1.54) is 6.42 Å². The van der Waals surface area contributed by atoms with Crippen molar-refractivity contribution in [1.82, 2.24) is 0 Å². The molecule has 0 aromatic heterocycles. The summed E-state index contributed by atoms with van der Waals surface area (Å²) in [4.78, 5) is 0. The Kier molecular flexibility index (Phi) is 7.12. The van der Waals surface area contributed by atoms with Crippen molar-refractivity contribution in [3.63, 3.8) is 0 Å². The Hall–Kier alpha value is 0.200. The van der Waals surface area contributed by atoms with Gasteiger partial charge in [-0.2, -0.15) is 0 Å². The van der Waals surface area contributed by atoms with Gasteiger partial charge < -0.3 is 4.74 Å². The van der Waals surface area contributed by atoms with Crippen LogP contribution in [0.5, 0.6) is 0 Å². The number of halogens is 1. The number of hydrogen-bond donors (Lipinski definition) is 0. The molecule has 1 rings (SSSR count). The van der Waals surface area contributed by atoms with Crippen LogP contribution < -0.4 is 0 Å². The molecule has 5 heteroatoms. The maximum atomic E-state index is 11.4. The summed E-state index contributed by atoms with van der Waals surface area (Å²) in [5.41, 5.74) is -0.245. The maximum absolute atomic E-state index is 11.4. The molecular formula is C14H27ClO3S. The van der Waals surface area contributed by atoms with Crippen LogP contribution in [-0.4, -0.2) is 27.4 Å². The van der Waals surface area contributed by atoms with Crippen molar-refractivity contribution < 1.29 is 13.2 Å². The SMILES string of the molecule is CCCC(C)COCC1(CS(=O)(=O)Cl)CCCCC1. The first-order valence-electron chi connectivity index (χ1n) is 7.37. The van der Waals surface area contributed by atoms with Crippen molar-refractivity contribution in [1.29, 1.82) is 0 Å². The smallest absolute Gasteiger partial charge is 0.233 e. The molecular weight excluding hydrogens is 284 g/mol. The van der Waals surface area contributed by atoms with E-state index in [1.807, 2.05) is 0 Å². The molecule has 0 radical (unpaired) electrons. The molecule has 0 aromatic carbocycles. The second kappa shape index (κ2) is 7.84. The quantitative estimate of drug-likeness (QED) is 0.637. The molecule has 114 valence electrons. The van der Waals surface area contributed by atoms with Crippen LogP contribution in [0.1, 0.15) is 58.8 Å². The fourth-order valence-electron chi connectivity index (χ4n) is 3.05. The van der Waals surface area contributed by atoms with Crippen molar-refractivity contribution in [2.45, 2.75) is 58.8 Å². The summed E-state index contributed by atoms with van der Waals surface area (Å²) in [6.45, 7) is 5.60. The van der Waals surface area contributed by atoms with E-state index in [1.54, 1.807) is 0 Å². The highest BCUT2D eigenvalue weighted by Gasteiger charge is 2.36. The summed E-state index contributed by atoms with van der Waals surface area (Å²) in [5.74, 6) is 0.599. The van der Waals surface area contributed by atoms with E-state index in [0.29, 0.717) is 12.5 Å². The molecule has 3 nitrogen and oxygen atoms in total. The molecule has 0 saturated heterocycles. The Morgan fingerprint density at radius 1 is 1.26 bits per heavy atom. The minimum absolute atomic E-state index is 0.0592. The van der Waals surface area contributed by atoms with E-state index in [0.717, 1.165) is 45.1 Å². The van der Waals surface area contributed by atoms with Crippen molar-refractivity contribution in [3.05, 3.63) is 0 Å². The van der Waals surface area contributed by atoms with E-state index in [-0.39, 0.29) is 11.2 Å². The van der Waals surface area contributed by atoms with Crippen LogP contribution >= 0.6 is 10.7 Å². The average molecular weight is 311 g/mol. The monoisotopic (exact) mass is 310 g/mol. The molecule has 1 aliphatic rings. The zero-order valence-electron chi connectivity index (χ0n) is 12.2. The molecule has 0 aliphatic heterocycles. The first kappa shape index (κ1) is 17.3.